The molecule has 21 heavy (non-hydrogen) atoms. The van der Waals surface area contributed by atoms with E-state index in [1.165, 1.54) is 0 Å². The molecular weight excluding hydrogens is 268 g/mol. The Morgan fingerprint density at radius 3 is 2.95 bits per heavy atom. The lowest BCUT2D eigenvalue weighted by Crippen LogP contribution is -2.47. The number of amides is 1. The van der Waals surface area contributed by atoms with Crippen molar-refractivity contribution in [1.29, 1.82) is 0 Å². The van der Waals surface area contributed by atoms with E-state index in [0.29, 0.717) is 26.3 Å². The fourth-order valence-corrected chi connectivity index (χ4v) is 2.24. The van der Waals surface area contributed by atoms with Crippen molar-refractivity contribution in [1.82, 2.24) is 9.88 Å². The normalized spacial score (nSPS) is 16.4. The molecule has 0 spiro atoms. The highest BCUT2D eigenvalue weighted by molar-refractivity contribution is 5.84. The van der Waals surface area contributed by atoms with Crippen molar-refractivity contribution in [3.63, 3.8) is 0 Å². The van der Waals surface area contributed by atoms with Gasteiger partial charge in [-0.3, -0.25) is 4.79 Å². The van der Waals surface area contributed by atoms with Gasteiger partial charge in [0.25, 0.3) is 0 Å². The van der Waals surface area contributed by atoms with Gasteiger partial charge in [0.05, 0.1) is 13.2 Å². The number of morpholine rings is 1. The van der Waals surface area contributed by atoms with Crippen LogP contribution in [0.1, 0.15) is 20.3 Å². The summed E-state index contributed by atoms with van der Waals surface area (Å²) in [4.78, 5) is 18.4. The molecule has 2 N–H and O–H groups in total. The van der Waals surface area contributed by atoms with Crippen LogP contribution < -0.4 is 10.6 Å². The Hall–Kier alpha value is -1.82. The molecule has 1 saturated heterocycles. The van der Waals surface area contributed by atoms with E-state index in [1.54, 1.807) is 6.20 Å². The van der Waals surface area contributed by atoms with Crippen LogP contribution in [-0.4, -0.2) is 54.7 Å². The van der Waals surface area contributed by atoms with Gasteiger partial charge in [0.15, 0.2) is 0 Å². The number of pyridine rings is 1. The summed E-state index contributed by atoms with van der Waals surface area (Å²) in [6.07, 6.45) is 2.79. The number of hydrogen-bond donors (Lipinski definition) is 2. The first-order valence-corrected chi connectivity index (χ1v) is 7.53. The molecule has 1 aliphatic heterocycles. The zero-order chi connectivity index (χ0) is 15.1. The molecular formula is C15H24N4O2. The number of rotatable bonds is 6. The van der Waals surface area contributed by atoms with E-state index >= 15 is 0 Å². The molecule has 1 fully saturated rings. The van der Waals surface area contributed by atoms with Gasteiger partial charge >= 0.3 is 0 Å². The summed E-state index contributed by atoms with van der Waals surface area (Å²) in [6.45, 7) is 7.47. The van der Waals surface area contributed by atoms with Crippen molar-refractivity contribution in [2.75, 3.05) is 43.5 Å². The summed E-state index contributed by atoms with van der Waals surface area (Å²) in [5.74, 6) is 0.936. The Morgan fingerprint density at radius 2 is 2.24 bits per heavy atom. The third-order valence-electron chi connectivity index (χ3n) is 3.39. The van der Waals surface area contributed by atoms with E-state index in [1.807, 2.05) is 24.0 Å². The Labute approximate surface area is 125 Å². The summed E-state index contributed by atoms with van der Waals surface area (Å²) < 4.78 is 5.27. The number of aromatic nitrogens is 1. The topological polar surface area (TPSA) is 66.5 Å². The van der Waals surface area contributed by atoms with Crippen molar-refractivity contribution in [2.45, 2.75) is 26.3 Å². The predicted molar refractivity (Wildman–Crippen MR) is 83.5 cm³/mol. The molecule has 116 valence electrons. The number of carbonyl (C=O) groups is 1. The van der Waals surface area contributed by atoms with Gasteiger partial charge in [-0.1, -0.05) is 6.92 Å². The highest BCUT2D eigenvalue weighted by Gasteiger charge is 2.22. The first-order valence-electron chi connectivity index (χ1n) is 7.53. The minimum atomic E-state index is -0.260. The lowest BCUT2D eigenvalue weighted by atomic mass is 10.2. The number of ether oxygens (including phenoxy) is 1. The second-order valence-electron chi connectivity index (χ2n) is 5.16. The molecule has 0 aliphatic carbocycles. The van der Waals surface area contributed by atoms with E-state index in [2.05, 4.69) is 22.5 Å². The molecule has 1 atom stereocenters. The Bertz CT molecular complexity index is 461. The molecule has 2 rings (SSSR count). The number of hydrogen-bond acceptors (Lipinski definition) is 5. The highest BCUT2D eigenvalue weighted by atomic mass is 16.5. The van der Waals surface area contributed by atoms with Gasteiger partial charge in [-0.05, 0) is 19.4 Å². The summed E-state index contributed by atoms with van der Waals surface area (Å²) in [5, 5.41) is 6.48. The molecule has 1 amide bonds. The SMILES string of the molecule is CCCNc1cc(NC(C)C(=O)N2CCOCC2)ccn1. The predicted octanol–water partition coefficient (Wildman–Crippen LogP) is 1.56. The smallest absolute Gasteiger partial charge is 0.244 e. The van der Waals surface area contributed by atoms with E-state index < -0.39 is 0 Å². The molecule has 0 saturated carbocycles. The fourth-order valence-electron chi connectivity index (χ4n) is 2.24. The average Bonchev–Trinajstić information content (AvgIpc) is 2.53. The third kappa shape index (κ3) is 4.60. The Morgan fingerprint density at radius 1 is 1.48 bits per heavy atom. The van der Waals surface area contributed by atoms with Gasteiger partial charge in [0.2, 0.25) is 5.91 Å². The van der Waals surface area contributed by atoms with Crippen molar-refractivity contribution < 1.29 is 9.53 Å². The van der Waals surface area contributed by atoms with E-state index in [4.69, 9.17) is 4.74 Å². The zero-order valence-corrected chi connectivity index (χ0v) is 12.8. The molecule has 1 aromatic rings. The Kier molecular flexibility index (Phi) is 5.80. The van der Waals surface area contributed by atoms with Crippen LogP contribution >= 0.6 is 0 Å². The van der Waals surface area contributed by atoms with Crippen LogP contribution in [-0.2, 0) is 9.53 Å². The summed E-state index contributed by atoms with van der Waals surface area (Å²) in [7, 11) is 0. The maximum absolute atomic E-state index is 12.3. The van der Waals surface area contributed by atoms with E-state index in [0.717, 1.165) is 24.5 Å². The highest BCUT2D eigenvalue weighted by Crippen LogP contribution is 2.14. The third-order valence-corrected chi connectivity index (χ3v) is 3.39. The average molecular weight is 292 g/mol. The minimum absolute atomic E-state index is 0.109. The zero-order valence-electron chi connectivity index (χ0n) is 12.8. The second kappa shape index (κ2) is 7.83. The number of carbonyl (C=O) groups excluding carboxylic acids is 1. The van der Waals surface area contributed by atoms with Gasteiger partial charge in [-0.2, -0.15) is 0 Å². The summed E-state index contributed by atoms with van der Waals surface area (Å²) >= 11 is 0. The monoisotopic (exact) mass is 292 g/mol. The van der Waals surface area contributed by atoms with Crippen LogP contribution in [0.2, 0.25) is 0 Å². The molecule has 1 aliphatic rings. The first kappa shape index (κ1) is 15.6. The van der Waals surface area contributed by atoms with Gasteiger partial charge in [0, 0.05) is 37.6 Å². The van der Waals surface area contributed by atoms with Gasteiger partial charge < -0.3 is 20.3 Å². The molecule has 1 unspecified atom stereocenters. The number of nitrogens with one attached hydrogen (secondary N) is 2. The van der Waals surface area contributed by atoms with Crippen LogP contribution in [0.5, 0.6) is 0 Å². The molecule has 6 heteroatoms. The molecule has 6 nitrogen and oxygen atoms in total. The lowest BCUT2D eigenvalue weighted by molar-refractivity contribution is -0.135. The van der Waals surface area contributed by atoms with Crippen LogP contribution in [0.25, 0.3) is 0 Å². The maximum Gasteiger partial charge on any atom is 0.244 e. The van der Waals surface area contributed by atoms with Gasteiger partial charge in [0.1, 0.15) is 11.9 Å². The van der Waals surface area contributed by atoms with Crippen molar-refractivity contribution in [2.24, 2.45) is 0 Å². The molecule has 0 aromatic carbocycles. The lowest BCUT2D eigenvalue weighted by Gasteiger charge is -2.29. The molecule has 1 aromatic heterocycles. The van der Waals surface area contributed by atoms with E-state index in [-0.39, 0.29) is 11.9 Å². The van der Waals surface area contributed by atoms with Crippen molar-refractivity contribution >= 4 is 17.4 Å². The van der Waals surface area contributed by atoms with Gasteiger partial charge in [-0.25, -0.2) is 4.98 Å². The largest absolute Gasteiger partial charge is 0.378 e. The summed E-state index contributed by atoms with van der Waals surface area (Å²) in [5.41, 5.74) is 0.901. The van der Waals surface area contributed by atoms with Crippen LogP contribution in [0, 0.1) is 0 Å². The van der Waals surface area contributed by atoms with Crippen LogP contribution in [0.3, 0.4) is 0 Å². The standard InChI is InChI=1S/C15H24N4O2/c1-3-5-16-14-11-13(4-6-17-14)18-12(2)15(20)19-7-9-21-10-8-19/h4,6,11-12H,3,5,7-10H2,1-2H3,(H2,16,17,18). The van der Waals surface area contributed by atoms with Crippen LogP contribution in [0.15, 0.2) is 18.3 Å². The van der Waals surface area contributed by atoms with Crippen molar-refractivity contribution in [3.05, 3.63) is 18.3 Å². The van der Waals surface area contributed by atoms with Gasteiger partial charge in [-0.15, -0.1) is 0 Å². The quantitative estimate of drug-likeness (QED) is 0.833. The fraction of sp³-hybridized carbons (Fsp3) is 0.600. The maximum atomic E-state index is 12.3. The molecule has 0 bridgehead atoms. The van der Waals surface area contributed by atoms with E-state index in [9.17, 15) is 4.79 Å². The number of anilines is 2. The van der Waals surface area contributed by atoms with Crippen LogP contribution in [0.4, 0.5) is 11.5 Å². The first-order chi connectivity index (χ1) is 10.2. The molecule has 2 heterocycles. The number of nitrogens with zero attached hydrogens (tertiary/aromatic N) is 2. The minimum Gasteiger partial charge on any atom is -0.378 e. The Balaban J connectivity index is 1.91. The van der Waals surface area contributed by atoms with Crippen molar-refractivity contribution in [3.8, 4) is 0 Å². The second-order valence-corrected chi connectivity index (χ2v) is 5.16. The molecule has 0 radical (unpaired) electrons. The summed E-state index contributed by atoms with van der Waals surface area (Å²) in [6, 6.07) is 3.54.